The second kappa shape index (κ2) is 10.1. The quantitative estimate of drug-likeness (QED) is 0.627. The van der Waals surface area contributed by atoms with E-state index in [1.165, 1.54) is 19.3 Å². The summed E-state index contributed by atoms with van der Waals surface area (Å²) in [5.41, 5.74) is 2.13. The predicted octanol–water partition coefficient (Wildman–Crippen LogP) is 3.71. The second-order valence-electron chi connectivity index (χ2n) is 7.93. The van der Waals surface area contributed by atoms with Gasteiger partial charge in [-0.2, -0.15) is 0 Å². The Morgan fingerprint density at radius 1 is 1.03 bits per heavy atom. The Hall–Kier alpha value is -2.38. The van der Waals surface area contributed by atoms with Crippen LogP contribution in [0.15, 0.2) is 47.4 Å². The summed E-state index contributed by atoms with van der Waals surface area (Å²) in [6.45, 7) is 7.42. The van der Waals surface area contributed by atoms with E-state index in [2.05, 4.69) is 14.9 Å². The Morgan fingerprint density at radius 3 is 2.53 bits per heavy atom. The molecule has 0 atom stereocenters. The predicted molar refractivity (Wildman–Crippen MR) is 120 cm³/mol. The van der Waals surface area contributed by atoms with E-state index in [9.17, 15) is 13.2 Å². The highest BCUT2D eigenvalue weighted by molar-refractivity contribution is 7.92. The van der Waals surface area contributed by atoms with Crippen molar-refractivity contribution in [2.45, 2.75) is 44.4 Å². The number of amides is 1. The molecule has 30 heavy (non-hydrogen) atoms. The van der Waals surface area contributed by atoms with Crippen LogP contribution in [-0.4, -0.2) is 45.4 Å². The van der Waals surface area contributed by atoms with Gasteiger partial charge in [0.2, 0.25) is 0 Å². The number of aryl methyl sites for hydroxylation is 2. The molecule has 0 bridgehead atoms. The van der Waals surface area contributed by atoms with E-state index in [0.29, 0.717) is 17.7 Å². The molecule has 2 aromatic rings. The number of carbonyl (C=O) groups excluding carboxylic acids is 1. The van der Waals surface area contributed by atoms with Gasteiger partial charge in [0.25, 0.3) is 15.9 Å². The minimum absolute atomic E-state index is 0.222. The topological polar surface area (TPSA) is 78.5 Å². The highest BCUT2D eigenvalue weighted by Crippen LogP contribution is 2.23. The van der Waals surface area contributed by atoms with Crippen LogP contribution in [0.4, 0.5) is 5.69 Å². The summed E-state index contributed by atoms with van der Waals surface area (Å²) in [7, 11) is -3.80. The highest BCUT2D eigenvalue weighted by Gasteiger charge is 2.20. The number of benzene rings is 2. The molecule has 1 amide bonds. The fourth-order valence-electron chi connectivity index (χ4n) is 3.75. The maximum absolute atomic E-state index is 12.9. The zero-order valence-electron chi connectivity index (χ0n) is 17.8. The molecule has 0 unspecified atom stereocenters. The molecule has 0 spiro atoms. The maximum Gasteiger partial charge on any atom is 0.262 e. The van der Waals surface area contributed by atoms with Crippen LogP contribution in [0.2, 0.25) is 0 Å². The second-order valence-corrected chi connectivity index (χ2v) is 9.58. The fourth-order valence-corrected chi connectivity index (χ4v) is 5.16. The first-order valence-corrected chi connectivity index (χ1v) is 12.0. The van der Waals surface area contributed by atoms with E-state index < -0.39 is 10.0 Å². The number of nitrogens with one attached hydrogen (secondary N) is 2. The summed E-state index contributed by atoms with van der Waals surface area (Å²) < 4.78 is 28.5. The Bertz CT molecular complexity index is 983. The first-order valence-electron chi connectivity index (χ1n) is 10.6. The minimum atomic E-state index is -3.80. The summed E-state index contributed by atoms with van der Waals surface area (Å²) in [5, 5.41) is 2.92. The van der Waals surface area contributed by atoms with Crippen molar-refractivity contribution in [3.05, 3.63) is 59.2 Å². The molecular weight excluding hydrogens is 398 g/mol. The number of para-hydroxylation sites is 1. The zero-order chi connectivity index (χ0) is 21.6. The van der Waals surface area contributed by atoms with Gasteiger partial charge in [0.05, 0.1) is 16.1 Å². The van der Waals surface area contributed by atoms with Crippen molar-refractivity contribution in [1.82, 2.24) is 10.2 Å². The summed E-state index contributed by atoms with van der Waals surface area (Å²) >= 11 is 0. The number of nitrogens with zero attached hydrogens (tertiary/aromatic N) is 1. The molecule has 162 valence electrons. The molecule has 1 aliphatic rings. The van der Waals surface area contributed by atoms with Crippen LogP contribution in [0.3, 0.4) is 0 Å². The third-order valence-corrected chi connectivity index (χ3v) is 6.94. The lowest BCUT2D eigenvalue weighted by molar-refractivity contribution is 0.0952. The molecule has 1 saturated heterocycles. The van der Waals surface area contributed by atoms with Crippen LogP contribution in [0, 0.1) is 13.8 Å². The van der Waals surface area contributed by atoms with Gasteiger partial charge in [-0.05, 0) is 82.1 Å². The molecule has 6 nitrogen and oxygen atoms in total. The zero-order valence-corrected chi connectivity index (χ0v) is 18.6. The van der Waals surface area contributed by atoms with E-state index in [-0.39, 0.29) is 16.5 Å². The molecule has 2 aromatic carbocycles. The normalized spacial score (nSPS) is 15.0. The van der Waals surface area contributed by atoms with Gasteiger partial charge in [-0.25, -0.2) is 8.42 Å². The molecule has 0 saturated carbocycles. The maximum atomic E-state index is 12.9. The van der Waals surface area contributed by atoms with E-state index in [1.54, 1.807) is 43.3 Å². The van der Waals surface area contributed by atoms with Gasteiger partial charge in [-0.15, -0.1) is 0 Å². The van der Waals surface area contributed by atoms with E-state index >= 15 is 0 Å². The molecule has 1 aliphatic heterocycles. The number of carbonyl (C=O) groups is 1. The van der Waals surface area contributed by atoms with Crippen LogP contribution < -0.4 is 10.0 Å². The molecule has 0 aliphatic carbocycles. The van der Waals surface area contributed by atoms with Crippen LogP contribution in [0.5, 0.6) is 0 Å². The first kappa shape index (κ1) is 22.3. The van der Waals surface area contributed by atoms with Crippen molar-refractivity contribution in [3.8, 4) is 0 Å². The van der Waals surface area contributed by atoms with E-state index in [4.69, 9.17) is 0 Å². The monoisotopic (exact) mass is 429 g/mol. The molecular formula is C23H31N3O3S. The SMILES string of the molecule is Cc1ccc(C)c(S(=O)(=O)Nc2ccccc2C(=O)NCCCN2CCCCC2)c1. The smallest absolute Gasteiger partial charge is 0.262 e. The summed E-state index contributed by atoms with van der Waals surface area (Å²) in [6, 6.07) is 12.0. The van der Waals surface area contributed by atoms with Crippen molar-refractivity contribution < 1.29 is 13.2 Å². The number of hydrogen-bond donors (Lipinski definition) is 2. The average Bonchev–Trinajstić information content (AvgIpc) is 2.73. The summed E-state index contributed by atoms with van der Waals surface area (Å²) in [6.07, 6.45) is 4.69. The Morgan fingerprint density at radius 2 is 1.77 bits per heavy atom. The van der Waals surface area contributed by atoms with Gasteiger partial charge in [-0.3, -0.25) is 9.52 Å². The largest absolute Gasteiger partial charge is 0.352 e. The van der Waals surface area contributed by atoms with Crippen LogP contribution in [-0.2, 0) is 10.0 Å². The van der Waals surface area contributed by atoms with Crippen molar-refractivity contribution in [3.63, 3.8) is 0 Å². The number of rotatable bonds is 8. The summed E-state index contributed by atoms with van der Waals surface area (Å²) in [5.74, 6) is -0.270. The molecule has 0 radical (unpaired) electrons. The van der Waals surface area contributed by atoms with Crippen molar-refractivity contribution >= 4 is 21.6 Å². The lowest BCUT2D eigenvalue weighted by Gasteiger charge is -2.26. The molecule has 7 heteroatoms. The third kappa shape index (κ3) is 5.83. The Balaban J connectivity index is 1.64. The lowest BCUT2D eigenvalue weighted by atomic mass is 10.1. The van der Waals surface area contributed by atoms with Gasteiger partial charge in [0.15, 0.2) is 0 Å². The van der Waals surface area contributed by atoms with Crippen LogP contribution in [0.25, 0.3) is 0 Å². The van der Waals surface area contributed by atoms with Gasteiger partial charge >= 0.3 is 0 Å². The number of piperidine rings is 1. The summed E-state index contributed by atoms with van der Waals surface area (Å²) in [4.78, 5) is 15.4. The molecule has 1 heterocycles. The van der Waals surface area contributed by atoms with Crippen molar-refractivity contribution in [2.75, 3.05) is 30.9 Å². The van der Waals surface area contributed by atoms with Gasteiger partial charge in [0, 0.05) is 6.54 Å². The molecule has 0 aromatic heterocycles. The standard InChI is InChI=1S/C23H31N3O3S/c1-18-11-12-19(2)22(17-18)30(28,29)25-21-10-5-4-9-20(21)23(27)24-13-8-16-26-14-6-3-7-15-26/h4-5,9-12,17,25H,3,6-8,13-16H2,1-2H3,(H,24,27). The molecule has 1 fully saturated rings. The van der Waals surface area contributed by atoms with Gasteiger partial charge in [-0.1, -0.05) is 30.7 Å². The first-order chi connectivity index (χ1) is 14.4. The fraction of sp³-hybridized carbons (Fsp3) is 0.435. The molecule has 3 rings (SSSR count). The lowest BCUT2D eigenvalue weighted by Crippen LogP contribution is -2.33. The van der Waals surface area contributed by atoms with E-state index in [0.717, 1.165) is 31.6 Å². The van der Waals surface area contributed by atoms with Crippen LogP contribution >= 0.6 is 0 Å². The Labute approximate surface area is 179 Å². The minimum Gasteiger partial charge on any atom is -0.352 e. The third-order valence-electron chi connectivity index (χ3n) is 5.43. The number of sulfonamides is 1. The van der Waals surface area contributed by atoms with Gasteiger partial charge < -0.3 is 10.2 Å². The number of anilines is 1. The number of hydrogen-bond acceptors (Lipinski definition) is 4. The van der Waals surface area contributed by atoms with Crippen LogP contribution in [0.1, 0.15) is 47.2 Å². The van der Waals surface area contributed by atoms with Gasteiger partial charge in [0.1, 0.15) is 0 Å². The van der Waals surface area contributed by atoms with Crippen molar-refractivity contribution in [2.24, 2.45) is 0 Å². The van der Waals surface area contributed by atoms with Crippen molar-refractivity contribution in [1.29, 1.82) is 0 Å². The highest BCUT2D eigenvalue weighted by atomic mass is 32.2. The molecule has 2 N–H and O–H groups in total. The Kier molecular flexibility index (Phi) is 7.50. The average molecular weight is 430 g/mol. The van der Waals surface area contributed by atoms with E-state index in [1.807, 2.05) is 13.0 Å². The number of likely N-dealkylation sites (tertiary alicyclic amines) is 1.